The first-order valence-corrected chi connectivity index (χ1v) is 5.89. The van der Waals surface area contributed by atoms with Gasteiger partial charge in [0.25, 0.3) is 0 Å². The molecule has 1 aromatic heterocycles. The van der Waals surface area contributed by atoms with E-state index in [1.54, 1.807) is 18.0 Å². The zero-order valence-corrected chi connectivity index (χ0v) is 9.20. The monoisotopic (exact) mass is 227 g/mol. The number of nitrogens with one attached hydrogen (secondary N) is 1. The van der Waals surface area contributed by atoms with Crippen LogP contribution in [0.2, 0.25) is 0 Å². The van der Waals surface area contributed by atoms with E-state index in [4.69, 9.17) is 5.11 Å². The van der Waals surface area contributed by atoms with E-state index in [9.17, 15) is 4.79 Å². The molecule has 1 fully saturated rings. The van der Waals surface area contributed by atoms with E-state index < -0.39 is 12.0 Å². The van der Waals surface area contributed by atoms with Crippen molar-refractivity contribution in [2.24, 2.45) is 0 Å². The molecule has 1 aliphatic heterocycles. The lowest BCUT2D eigenvalue weighted by Crippen LogP contribution is -2.34. The number of aryl methyl sites for hydroxylation is 1. The fraction of sp³-hybridized carbons (Fsp3) is 0.556. The van der Waals surface area contributed by atoms with E-state index in [0.29, 0.717) is 5.75 Å². The predicted molar refractivity (Wildman–Crippen MR) is 57.7 cm³/mol. The largest absolute Gasteiger partial charge is 0.480 e. The Bertz CT molecular complexity index is 366. The summed E-state index contributed by atoms with van der Waals surface area (Å²) in [5, 5.41) is 16.1. The van der Waals surface area contributed by atoms with Gasteiger partial charge in [-0.2, -0.15) is 5.10 Å². The number of hydrogen-bond acceptors (Lipinski definition) is 4. The zero-order chi connectivity index (χ0) is 10.8. The molecule has 15 heavy (non-hydrogen) atoms. The number of rotatable bonds is 3. The second-order valence-electron chi connectivity index (χ2n) is 3.34. The van der Waals surface area contributed by atoms with Gasteiger partial charge in [0.05, 0.1) is 11.1 Å². The van der Waals surface area contributed by atoms with Crippen molar-refractivity contribution in [2.75, 3.05) is 5.75 Å². The second kappa shape index (κ2) is 4.24. The number of hydrogen-bond donors (Lipinski definition) is 2. The molecule has 1 saturated heterocycles. The molecule has 6 heteroatoms. The molecule has 0 aromatic carbocycles. The fourth-order valence-corrected chi connectivity index (χ4v) is 2.87. The number of nitrogens with zero attached hydrogens (tertiary/aromatic N) is 2. The van der Waals surface area contributed by atoms with E-state index in [1.807, 2.05) is 17.7 Å². The third kappa shape index (κ3) is 2.00. The predicted octanol–water partition coefficient (Wildman–Crippen LogP) is 0.691. The minimum absolute atomic E-state index is 0.0496. The quantitative estimate of drug-likeness (QED) is 0.795. The highest BCUT2D eigenvalue weighted by atomic mass is 32.2. The van der Waals surface area contributed by atoms with Crippen LogP contribution in [-0.2, 0) is 11.3 Å². The van der Waals surface area contributed by atoms with Crippen LogP contribution in [0.25, 0.3) is 0 Å². The topological polar surface area (TPSA) is 67.2 Å². The van der Waals surface area contributed by atoms with Gasteiger partial charge in [0.1, 0.15) is 6.04 Å². The highest BCUT2D eigenvalue weighted by Gasteiger charge is 2.31. The molecule has 2 unspecified atom stereocenters. The summed E-state index contributed by atoms with van der Waals surface area (Å²) in [6.45, 7) is 2.82. The van der Waals surface area contributed by atoms with Crippen molar-refractivity contribution in [2.45, 2.75) is 24.9 Å². The SMILES string of the molecule is CCn1nccc1C1NC(C(=O)O)CS1. The van der Waals surface area contributed by atoms with Crippen molar-refractivity contribution in [3.63, 3.8) is 0 Å². The second-order valence-corrected chi connectivity index (χ2v) is 4.48. The third-order valence-corrected chi connectivity index (χ3v) is 3.63. The van der Waals surface area contributed by atoms with Crippen LogP contribution >= 0.6 is 11.8 Å². The molecule has 0 radical (unpaired) electrons. The van der Waals surface area contributed by atoms with E-state index in [2.05, 4.69) is 10.4 Å². The Morgan fingerprint density at radius 2 is 2.67 bits per heavy atom. The Kier molecular flexibility index (Phi) is 2.97. The summed E-state index contributed by atoms with van der Waals surface area (Å²) in [6, 6.07) is 1.48. The van der Waals surface area contributed by atoms with E-state index in [1.165, 1.54) is 0 Å². The normalized spacial score (nSPS) is 25.7. The van der Waals surface area contributed by atoms with Gasteiger partial charge in [-0.15, -0.1) is 11.8 Å². The highest BCUT2D eigenvalue weighted by Crippen LogP contribution is 2.32. The average Bonchev–Trinajstić information content (AvgIpc) is 2.85. The Morgan fingerprint density at radius 3 is 3.27 bits per heavy atom. The first kappa shape index (κ1) is 10.5. The van der Waals surface area contributed by atoms with E-state index in [0.717, 1.165) is 12.2 Å². The van der Waals surface area contributed by atoms with E-state index >= 15 is 0 Å². The minimum Gasteiger partial charge on any atom is -0.480 e. The maximum absolute atomic E-state index is 10.8. The Labute approximate surface area is 91.9 Å². The Morgan fingerprint density at radius 1 is 1.87 bits per heavy atom. The molecule has 82 valence electrons. The number of aliphatic carboxylic acids is 1. The van der Waals surface area contributed by atoms with Crippen LogP contribution in [0.1, 0.15) is 18.0 Å². The summed E-state index contributed by atoms with van der Waals surface area (Å²) in [5.41, 5.74) is 1.05. The third-order valence-electron chi connectivity index (χ3n) is 2.40. The summed E-state index contributed by atoms with van der Waals surface area (Å²) >= 11 is 1.61. The molecule has 0 saturated carbocycles. The standard InChI is InChI=1S/C9H13N3O2S/c1-2-12-7(3-4-10-12)8-11-6(5-15-8)9(13)14/h3-4,6,8,11H,2,5H2,1H3,(H,13,14). The number of aromatic nitrogens is 2. The van der Waals surface area contributed by atoms with Gasteiger partial charge < -0.3 is 5.11 Å². The molecule has 2 heterocycles. The summed E-state index contributed by atoms with van der Waals surface area (Å²) in [7, 11) is 0. The van der Waals surface area contributed by atoms with Gasteiger partial charge >= 0.3 is 5.97 Å². The van der Waals surface area contributed by atoms with Crippen molar-refractivity contribution < 1.29 is 9.90 Å². The molecule has 0 aliphatic carbocycles. The van der Waals surface area contributed by atoms with Crippen molar-refractivity contribution in [3.05, 3.63) is 18.0 Å². The van der Waals surface area contributed by atoms with Crippen LogP contribution < -0.4 is 5.32 Å². The van der Waals surface area contributed by atoms with Crippen LogP contribution in [0.3, 0.4) is 0 Å². The molecular weight excluding hydrogens is 214 g/mol. The van der Waals surface area contributed by atoms with Gasteiger partial charge in [-0.1, -0.05) is 0 Å². The maximum Gasteiger partial charge on any atom is 0.321 e. The molecule has 1 aliphatic rings. The van der Waals surface area contributed by atoms with E-state index in [-0.39, 0.29) is 5.37 Å². The van der Waals surface area contributed by atoms with Crippen molar-refractivity contribution in [1.29, 1.82) is 0 Å². The number of thioether (sulfide) groups is 1. The Hall–Kier alpha value is -1.01. The lowest BCUT2D eigenvalue weighted by Gasteiger charge is -2.12. The molecular formula is C9H13N3O2S. The molecule has 0 spiro atoms. The summed E-state index contributed by atoms with van der Waals surface area (Å²) < 4.78 is 1.88. The van der Waals surface area contributed by atoms with Crippen LogP contribution in [-0.4, -0.2) is 32.7 Å². The van der Waals surface area contributed by atoms with Crippen molar-refractivity contribution in [1.82, 2.24) is 15.1 Å². The Balaban J connectivity index is 2.10. The molecule has 0 bridgehead atoms. The van der Waals surface area contributed by atoms with Crippen molar-refractivity contribution >= 4 is 17.7 Å². The fourth-order valence-electron chi connectivity index (χ4n) is 1.61. The molecule has 2 N–H and O–H groups in total. The first-order valence-electron chi connectivity index (χ1n) is 4.84. The average molecular weight is 227 g/mol. The highest BCUT2D eigenvalue weighted by molar-refractivity contribution is 7.99. The van der Waals surface area contributed by atoms with Crippen LogP contribution in [0.5, 0.6) is 0 Å². The zero-order valence-electron chi connectivity index (χ0n) is 8.38. The van der Waals surface area contributed by atoms with Gasteiger partial charge in [-0.25, -0.2) is 0 Å². The number of carbonyl (C=O) groups is 1. The minimum atomic E-state index is -0.785. The van der Waals surface area contributed by atoms with Gasteiger partial charge in [0, 0.05) is 18.5 Å². The lowest BCUT2D eigenvalue weighted by atomic mass is 10.3. The molecule has 5 nitrogen and oxygen atoms in total. The maximum atomic E-state index is 10.8. The van der Waals surface area contributed by atoms with Crippen LogP contribution in [0.15, 0.2) is 12.3 Å². The molecule has 0 amide bonds. The molecule has 1 aromatic rings. The van der Waals surface area contributed by atoms with Gasteiger partial charge in [-0.3, -0.25) is 14.8 Å². The summed E-state index contributed by atoms with van der Waals surface area (Å²) in [6.07, 6.45) is 1.75. The number of carboxylic acid groups (broad SMARTS) is 1. The lowest BCUT2D eigenvalue weighted by molar-refractivity contribution is -0.138. The summed E-state index contributed by atoms with van der Waals surface area (Å²) in [5.74, 6) is -0.179. The molecule has 2 atom stereocenters. The molecule has 2 rings (SSSR count). The van der Waals surface area contributed by atoms with Gasteiger partial charge in [0.2, 0.25) is 0 Å². The van der Waals surface area contributed by atoms with Crippen LogP contribution in [0.4, 0.5) is 0 Å². The first-order chi connectivity index (χ1) is 7.22. The van der Waals surface area contributed by atoms with Crippen molar-refractivity contribution in [3.8, 4) is 0 Å². The van der Waals surface area contributed by atoms with Gasteiger partial charge in [-0.05, 0) is 13.0 Å². The summed E-state index contributed by atoms with van der Waals surface area (Å²) in [4.78, 5) is 10.8. The van der Waals surface area contributed by atoms with Gasteiger partial charge in [0.15, 0.2) is 0 Å². The number of carboxylic acids is 1. The van der Waals surface area contributed by atoms with Crippen LogP contribution in [0, 0.1) is 0 Å². The smallest absolute Gasteiger partial charge is 0.321 e.